The SMILES string of the molecule is CCN(CCO)S(=O)(=O)c1cc(N)c(F)cc1F. The molecule has 0 saturated heterocycles. The van der Waals surface area contributed by atoms with Crippen molar-refractivity contribution in [1.82, 2.24) is 4.31 Å². The van der Waals surface area contributed by atoms with Crippen LogP contribution in [0.2, 0.25) is 0 Å². The highest BCUT2D eigenvalue weighted by Crippen LogP contribution is 2.23. The first-order chi connectivity index (χ1) is 8.34. The third-order valence-corrected chi connectivity index (χ3v) is 4.36. The van der Waals surface area contributed by atoms with E-state index in [0.717, 1.165) is 10.4 Å². The smallest absolute Gasteiger partial charge is 0.246 e. The van der Waals surface area contributed by atoms with Gasteiger partial charge in [-0.2, -0.15) is 4.31 Å². The van der Waals surface area contributed by atoms with Gasteiger partial charge in [-0.15, -0.1) is 0 Å². The molecule has 0 aliphatic carbocycles. The first kappa shape index (κ1) is 14.8. The van der Waals surface area contributed by atoms with E-state index in [1.54, 1.807) is 0 Å². The number of rotatable bonds is 5. The van der Waals surface area contributed by atoms with Gasteiger partial charge in [0.25, 0.3) is 0 Å². The summed E-state index contributed by atoms with van der Waals surface area (Å²) in [4.78, 5) is -0.698. The Morgan fingerprint density at radius 2 is 1.94 bits per heavy atom. The molecule has 0 aliphatic rings. The molecule has 0 aromatic heterocycles. The van der Waals surface area contributed by atoms with E-state index < -0.39 is 38.8 Å². The Morgan fingerprint density at radius 1 is 1.33 bits per heavy atom. The minimum atomic E-state index is -4.13. The standard InChI is InChI=1S/C10H14F2N2O3S/c1-2-14(3-4-15)18(16,17)10-6-9(13)7(11)5-8(10)12/h5-6,15H,2-4,13H2,1H3. The highest BCUT2D eigenvalue weighted by molar-refractivity contribution is 7.89. The number of nitrogens with zero attached hydrogens (tertiary/aromatic N) is 1. The van der Waals surface area contributed by atoms with Crippen molar-refractivity contribution in [2.75, 3.05) is 25.4 Å². The van der Waals surface area contributed by atoms with Gasteiger partial charge in [0.2, 0.25) is 10.0 Å². The van der Waals surface area contributed by atoms with Crippen LogP contribution in [-0.4, -0.2) is 37.5 Å². The maximum absolute atomic E-state index is 13.5. The topological polar surface area (TPSA) is 83.6 Å². The Labute approximate surface area is 104 Å². The molecule has 1 aromatic carbocycles. The minimum Gasteiger partial charge on any atom is -0.396 e. The van der Waals surface area contributed by atoms with Crippen LogP contribution in [0.25, 0.3) is 0 Å². The lowest BCUT2D eigenvalue weighted by molar-refractivity contribution is 0.256. The van der Waals surface area contributed by atoms with Gasteiger partial charge in [-0.3, -0.25) is 0 Å². The van der Waals surface area contributed by atoms with Crippen molar-refractivity contribution >= 4 is 15.7 Å². The van der Waals surface area contributed by atoms with Crippen LogP contribution in [0, 0.1) is 11.6 Å². The number of nitrogens with two attached hydrogens (primary N) is 1. The van der Waals surface area contributed by atoms with Gasteiger partial charge in [0.05, 0.1) is 12.3 Å². The predicted octanol–water partition coefficient (Wildman–Crippen LogP) is 0.550. The van der Waals surface area contributed by atoms with Gasteiger partial charge in [-0.05, 0) is 6.07 Å². The summed E-state index contributed by atoms with van der Waals surface area (Å²) in [6, 6.07) is 1.16. The van der Waals surface area contributed by atoms with Crippen LogP contribution in [0.4, 0.5) is 14.5 Å². The van der Waals surface area contributed by atoms with E-state index in [-0.39, 0.29) is 13.1 Å². The fourth-order valence-electron chi connectivity index (χ4n) is 1.44. The number of halogens is 2. The molecule has 3 N–H and O–H groups in total. The van der Waals surface area contributed by atoms with Crippen molar-refractivity contribution < 1.29 is 22.3 Å². The summed E-state index contributed by atoms with van der Waals surface area (Å²) in [5, 5.41) is 8.76. The van der Waals surface area contributed by atoms with Gasteiger partial charge in [-0.25, -0.2) is 17.2 Å². The number of anilines is 1. The van der Waals surface area contributed by atoms with Crippen molar-refractivity contribution in [1.29, 1.82) is 0 Å². The van der Waals surface area contributed by atoms with Crippen LogP contribution in [-0.2, 0) is 10.0 Å². The van der Waals surface area contributed by atoms with Gasteiger partial charge < -0.3 is 10.8 Å². The molecule has 0 unspecified atom stereocenters. The summed E-state index contributed by atoms with van der Waals surface area (Å²) in [6.45, 7) is 1.03. The van der Waals surface area contributed by atoms with Crippen LogP contribution in [0.3, 0.4) is 0 Å². The second kappa shape index (κ2) is 5.59. The normalized spacial score (nSPS) is 12.1. The zero-order valence-electron chi connectivity index (χ0n) is 9.73. The largest absolute Gasteiger partial charge is 0.396 e. The van der Waals surface area contributed by atoms with Gasteiger partial charge in [0.15, 0.2) is 0 Å². The maximum Gasteiger partial charge on any atom is 0.246 e. The van der Waals surface area contributed by atoms with Gasteiger partial charge in [-0.1, -0.05) is 6.92 Å². The molecule has 0 saturated carbocycles. The summed E-state index contributed by atoms with van der Waals surface area (Å²) in [6.07, 6.45) is 0. The Bertz CT molecular complexity index is 534. The third-order valence-electron chi connectivity index (χ3n) is 2.37. The summed E-state index contributed by atoms with van der Waals surface area (Å²) in [5.74, 6) is -2.23. The molecule has 8 heteroatoms. The molecule has 0 atom stereocenters. The van der Waals surface area contributed by atoms with Crippen LogP contribution in [0.15, 0.2) is 17.0 Å². The van der Waals surface area contributed by atoms with Crippen molar-refractivity contribution in [2.45, 2.75) is 11.8 Å². The van der Waals surface area contributed by atoms with Gasteiger partial charge >= 0.3 is 0 Å². The molecule has 0 amide bonds. The Hall–Kier alpha value is -1.25. The van der Waals surface area contributed by atoms with Crippen molar-refractivity contribution in [3.05, 3.63) is 23.8 Å². The molecule has 0 aliphatic heterocycles. The molecule has 0 fully saturated rings. The predicted molar refractivity (Wildman–Crippen MR) is 62.3 cm³/mol. The lowest BCUT2D eigenvalue weighted by atomic mass is 10.3. The minimum absolute atomic E-state index is 0.0552. The van der Waals surface area contributed by atoms with Crippen LogP contribution >= 0.6 is 0 Å². The first-order valence-electron chi connectivity index (χ1n) is 5.20. The van der Waals surface area contributed by atoms with E-state index in [2.05, 4.69) is 0 Å². The van der Waals surface area contributed by atoms with Gasteiger partial charge in [0.1, 0.15) is 16.5 Å². The average molecular weight is 280 g/mol. The quantitative estimate of drug-likeness (QED) is 0.772. The number of likely N-dealkylation sites (N-methyl/N-ethyl adjacent to an activating group) is 1. The van der Waals surface area contributed by atoms with E-state index in [4.69, 9.17) is 10.8 Å². The molecular weight excluding hydrogens is 266 g/mol. The number of hydrogen-bond acceptors (Lipinski definition) is 4. The van der Waals surface area contributed by atoms with Crippen molar-refractivity contribution in [3.8, 4) is 0 Å². The molecule has 5 nitrogen and oxygen atoms in total. The van der Waals surface area contributed by atoms with E-state index in [9.17, 15) is 17.2 Å². The number of benzene rings is 1. The Morgan fingerprint density at radius 3 is 2.44 bits per heavy atom. The molecule has 1 aromatic rings. The molecular formula is C10H14F2N2O3S. The number of nitrogen functional groups attached to an aromatic ring is 1. The Kier molecular flexibility index (Phi) is 4.60. The maximum atomic E-state index is 13.5. The van der Waals surface area contributed by atoms with E-state index in [1.165, 1.54) is 6.92 Å². The fraction of sp³-hybridized carbons (Fsp3) is 0.400. The van der Waals surface area contributed by atoms with Crippen LogP contribution in [0.5, 0.6) is 0 Å². The number of aliphatic hydroxyl groups excluding tert-OH is 1. The lowest BCUT2D eigenvalue weighted by Gasteiger charge is -2.19. The summed E-state index contributed by atoms with van der Waals surface area (Å²) < 4.78 is 51.4. The van der Waals surface area contributed by atoms with Crippen LogP contribution in [0.1, 0.15) is 6.92 Å². The van der Waals surface area contributed by atoms with E-state index >= 15 is 0 Å². The highest BCUT2D eigenvalue weighted by Gasteiger charge is 2.27. The number of hydrogen-bond donors (Lipinski definition) is 2. The highest BCUT2D eigenvalue weighted by atomic mass is 32.2. The lowest BCUT2D eigenvalue weighted by Crippen LogP contribution is -2.34. The zero-order chi connectivity index (χ0) is 13.9. The van der Waals surface area contributed by atoms with Crippen molar-refractivity contribution in [2.24, 2.45) is 0 Å². The molecule has 0 heterocycles. The van der Waals surface area contributed by atoms with Crippen LogP contribution < -0.4 is 5.73 Å². The third kappa shape index (κ3) is 2.77. The van der Waals surface area contributed by atoms with E-state index in [0.29, 0.717) is 6.07 Å². The average Bonchev–Trinajstić information content (AvgIpc) is 2.30. The fourth-order valence-corrected chi connectivity index (χ4v) is 2.96. The van der Waals surface area contributed by atoms with E-state index in [1.807, 2.05) is 0 Å². The second-order valence-corrected chi connectivity index (χ2v) is 5.43. The summed E-state index contributed by atoms with van der Waals surface area (Å²) in [7, 11) is -4.13. The number of sulfonamides is 1. The molecule has 102 valence electrons. The molecule has 1 rings (SSSR count). The molecule has 18 heavy (non-hydrogen) atoms. The molecule has 0 bridgehead atoms. The van der Waals surface area contributed by atoms with Gasteiger partial charge in [0, 0.05) is 19.2 Å². The Balaban J connectivity index is 3.32. The first-order valence-corrected chi connectivity index (χ1v) is 6.64. The number of aliphatic hydroxyl groups is 1. The monoisotopic (exact) mass is 280 g/mol. The van der Waals surface area contributed by atoms with Crippen molar-refractivity contribution in [3.63, 3.8) is 0 Å². The molecule has 0 radical (unpaired) electrons. The molecule has 0 spiro atoms. The summed E-state index contributed by atoms with van der Waals surface area (Å²) in [5.41, 5.74) is 4.78. The second-order valence-electron chi connectivity index (χ2n) is 3.52. The summed E-state index contributed by atoms with van der Waals surface area (Å²) >= 11 is 0. The zero-order valence-corrected chi connectivity index (χ0v) is 10.5.